The van der Waals surface area contributed by atoms with Gasteiger partial charge in [-0.25, -0.2) is 4.79 Å². The Morgan fingerprint density at radius 2 is 1.40 bits per heavy atom. The van der Waals surface area contributed by atoms with Gasteiger partial charge in [0.2, 0.25) is 5.91 Å². The number of amides is 2. The van der Waals surface area contributed by atoms with Crippen LogP contribution >= 0.6 is 0 Å². The van der Waals surface area contributed by atoms with E-state index >= 15 is 0 Å². The molecule has 0 radical (unpaired) electrons. The molecule has 1 aromatic carbocycles. The molecule has 0 bridgehead atoms. The third-order valence-electron chi connectivity index (χ3n) is 5.97. The Morgan fingerprint density at radius 1 is 0.829 bits per heavy atom. The summed E-state index contributed by atoms with van der Waals surface area (Å²) in [5, 5.41) is 5.50. The van der Waals surface area contributed by atoms with E-state index in [0.29, 0.717) is 12.1 Å². The molecule has 35 heavy (non-hydrogen) atoms. The topological polar surface area (TPSA) is 84.5 Å². The normalized spacial score (nSPS) is 10.9. The number of nitrogens with one attached hydrogen (secondary N) is 2. The van der Waals surface area contributed by atoms with Gasteiger partial charge in [-0.15, -0.1) is 0 Å². The minimum Gasteiger partial charge on any atom is -0.465 e. The van der Waals surface area contributed by atoms with Gasteiger partial charge in [0.25, 0.3) is 5.91 Å². The van der Waals surface area contributed by atoms with Crippen molar-refractivity contribution in [2.45, 2.75) is 104 Å². The molecule has 0 aliphatic rings. The van der Waals surface area contributed by atoms with Crippen LogP contribution in [0.25, 0.3) is 0 Å². The molecule has 0 aliphatic heterocycles. The highest BCUT2D eigenvalue weighted by molar-refractivity contribution is 6.03. The average molecular weight is 487 g/mol. The molecule has 0 saturated carbocycles. The summed E-state index contributed by atoms with van der Waals surface area (Å²) in [6, 6.07) is 4.57. The van der Waals surface area contributed by atoms with Gasteiger partial charge in [-0.3, -0.25) is 9.59 Å². The van der Waals surface area contributed by atoms with Gasteiger partial charge in [0.05, 0.1) is 18.4 Å². The standard InChI is InChI=1S/C29H46N2O4/c1-4-5-6-7-8-9-10-11-12-13-14-15-16-17-18-19-22-30-28(33)25-20-21-26(29(34)35-3)27(23-25)31-24(2)32/h11-12,20-21,23H,4-10,13-19,22H2,1-3H3,(H,30,33)(H,31,32)/b12-11-. The maximum absolute atomic E-state index is 12.4. The third-order valence-corrected chi connectivity index (χ3v) is 5.97. The van der Waals surface area contributed by atoms with Crippen LogP contribution < -0.4 is 10.6 Å². The van der Waals surface area contributed by atoms with E-state index in [0.717, 1.165) is 12.8 Å². The number of anilines is 1. The molecule has 0 aliphatic carbocycles. The fourth-order valence-electron chi connectivity index (χ4n) is 3.94. The summed E-state index contributed by atoms with van der Waals surface area (Å²) in [6.45, 7) is 4.21. The predicted molar refractivity (Wildman–Crippen MR) is 144 cm³/mol. The summed E-state index contributed by atoms with van der Waals surface area (Å²) in [4.78, 5) is 35.7. The Hall–Kier alpha value is -2.63. The molecular weight excluding hydrogens is 440 g/mol. The van der Waals surface area contributed by atoms with Gasteiger partial charge in [-0.1, -0.05) is 76.9 Å². The van der Waals surface area contributed by atoms with Crippen LogP contribution in [0.5, 0.6) is 0 Å². The van der Waals surface area contributed by atoms with Gasteiger partial charge in [-0.2, -0.15) is 0 Å². The molecule has 2 amide bonds. The second-order valence-electron chi connectivity index (χ2n) is 9.13. The zero-order valence-electron chi connectivity index (χ0n) is 22.1. The number of carbonyl (C=O) groups excluding carboxylic acids is 3. The second kappa shape index (κ2) is 19.7. The Morgan fingerprint density at radius 3 is 1.97 bits per heavy atom. The van der Waals surface area contributed by atoms with Crippen molar-refractivity contribution in [2.75, 3.05) is 19.0 Å². The summed E-state index contributed by atoms with van der Waals surface area (Å²) in [6.07, 6.45) is 22.2. The van der Waals surface area contributed by atoms with Crippen LogP contribution in [-0.2, 0) is 9.53 Å². The molecular formula is C29H46N2O4. The van der Waals surface area contributed by atoms with Crippen molar-refractivity contribution in [3.63, 3.8) is 0 Å². The van der Waals surface area contributed by atoms with Crippen LogP contribution in [0.2, 0.25) is 0 Å². The first-order chi connectivity index (χ1) is 17.0. The average Bonchev–Trinajstić information content (AvgIpc) is 2.84. The number of carbonyl (C=O) groups is 3. The van der Waals surface area contributed by atoms with E-state index in [1.54, 1.807) is 6.07 Å². The first-order valence-corrected chi connectivity index (χ1v) is 13.4. The summed E-state index contributed by atoms with van der Waals surface area (Å²) in [5.41, 5.74) is 0.882. The summed E-state index contributed by atoms with van der Waals surface area (Å²) in [5.74, 6) is -1.11. The number of hydrogen-bond acceptors (Lipinski definition) is 4. The molecule has 2 N–H and O–H groups in total. The Bertz CT molecular complexity index is 789. The van der Waals surface area contributed by atoms with E-state index in [1.165, 1.54) is 103 Å². The second-order valence-corrected chi connectivity index (χ2v) is 9.13. The van der Waals surface area contributed by atoms with Gasteiger partial charge in [0, 0.05) is 19.0 Å². The Labute approximate surface area is 212 Å². The third kappa shape index (κ3) is 14.4. The zero-order valence-corrected chi connectivity index (χ0v) is 22.1. The number of esters is 1. The van der Waals surface area contributed by atoms with E-state index < -0.39 is 5.97 Å². The lowest BCUT2D eigenvalue weighted by Gasteiger charge is -2.11. The van der Waals surface area contributed by atoms with Crippen LogP contribution in [0, 0.1) is 0 Å². The SMILES string of the molecule is CCCCCCCC/C=C\CCCCCCCCNC(=O)c1ccc(C(=O)OC)c(NC(C)=O)c1. The molecule has 196 valence electrons. The molecule has 0 atom stereocenters. The van der Waals surface area contributed by atoms with Crippen LogP contribution in [0.1, 0.15) is 124 Å². The monoisotopic (exact) mass is 486 g/mol. The van der Waals surface area contributed by atoms with Crippen LogP contribution in [0.3, 0.4) is 0 Å². The number of rotatable bonds is 19. The number of unbranched alkanes of at least 4 members (excludes halogenated alkanes) is 12. The summed E-state index contributed by atoms with van der Waals surface area (Å²) >= 11 is 0. The fraction of sp³-hybridized carbons (Fsp3) is 0.621. The molecule has 6 nitrogen and oxygen atoms in total. The highest BCUT2D eigenvalue weighted by Crippen LogP contribution is 2.19. The van der Waals surface area contributed by atoms with E-state index in [2.05, 4.69) is 29.7 Å². The lowest BCUT2D eigenvalue weighted by atomic mass is 10.1. The number of hydrogen-bond donors (Lipinski definition) is 2. The van der Waals surface area contributed by atoms with E-state index in [1.807, 2.05) is 0 Å². The van der Waals surface area contributed by atoms with Crippen molar-refractivity contribution in [3.05, 3.63) is 41.5 Å². The van der Waals surface area contributed by atoms with Crippen molar-refractivity contribution >= 4 is 23.5 Å². The lowest BCUT2D eigenvalue weighted by molar-refractivity contribution is -0.114. The van der Waals surface area contributed by atoms with Crippen molar-refractivity contribution in [2.24, 2.45) is 0 Å². The van der Waals surface area contributed by atoms with Crippen LogP contribution in [-0.4, -0.2) is 31.4 Å². The minimum absolute atomic E-state index is 0.215. The van der Waals surface area contributed by atoms with Crippen LogP contribution in [0.15, 0.2) is 30.4 Å². The highest BCUT2D eigenvalue weighted by atomic mass is 16.5. The zero-order chi connectivity index (χ0) is 25.7. The van der Waals surface area contributed by atoms with Gasteiger partial charge >= 0.3 is 5.97 Å². The predicted octanol–water partition coefficient (Wildman–Crippen LogP) is 7.20. The quantitative estimate of drug-likeness (QED) is 0.123. The number of allylic oxidation sites excluding steroid dienone is 2. The maximum atomic E-state index is 12.4. The van der Waals surface area contributed by atoms with Crippen molar-refractivity contribution in [1.82, 2.24) is 5.32 Å². The maximum Gasteiger partial charge on any atom is 0.339 e. The number of methoxy groups -OCH3 is 1. The molecule has 0 heterocycles. The molecule has 0 aromatic heterocycles. The van der Waals surface area contributed by atoms with Gasteiger partial charge in [0.15, 0.2) is 0 Å². The van der Waals surface area contributed by atoms with Gasteiger partial charge in [-0.05, 0) is 50.3 Å². The first kappa shape index (κ1) is 30.4. The smallest absolute Gasteiger partial charge is 0.339 e. The van der Waals surface area contributed by atoms with Crippen LogP contribution in [0.4, 0.5) is 5.69 Å². The van der Waals surface area contributed by atoms with Gasteiger partial charge < -0.3 is 15.4 Å². The van der Waals surface area contributed by atoms with Crippen molar-refractivity contribution in [1.29, 1.82) is 0 Å². The molecule has 1 rings (SSSR count). The lowest BCUT2D eigenvalue weighted by Crippen LogP contribution is -2.25. The molecule has 1 aromatic rings. The molecule has 0 saturated heterocycles. The Kier molecular flexibility index (Phi) is 17.1. The summed E-state index contributed by atoms with van der Waals surface area (Å²) < 4.78 is 4.73. The van der Waals surface area contributed by atoms with Crippen molar-refractivity contribution < 1.29 is 19.1 Å². The molecule has 0 fully saturated rings. The van der Waals surface area contributed by atoms with Gasteiger partial charge in [0.1, 0.15) is 0 Å². The first-order valence-electron chi connectivity index (χ1n) is 13.4. The fourth-order valence-corrected chi connectivity index (χ4v) is 3.94. The molecule has 0 spiro atoms. The molecule has 6 heteroatoms. The minimum atomic E-state index is -0.565. The Balaban J connectivity index is 2.13. The number of ether oxygens (including phenoxy) is 1. The largest absolute Gasteiger partial charge is 0.465 e. The summed E-state index contributed by atoms with van der Waals surface area (Å²) in [7, 11) is 1.27. The van der Waals surface area contributed by atoms with E-state index in [4.69, 9.17) is 4.74 Å². The highest BCUT2D eigenvalue weighted by Gasteiger charge is 2.16. The van der Waals surface area contributed by atoms with Crippen molar-refractivity contribution in [3.8, 4) is 0 Å². The van der Waals surface area contributed by atoms with E-state index in [9.17, 15) is 14.4 Å². The molecule has 0 unspecified atom stereocenters. The van der Waals surface area contributed by atoms with E-state index in [-0.39, 0.29) is 23.1 Å². The number of benzene rings is 1.